The van der Waals surface area contributed by atoms with Gasteiger partial charge in [0.1, 0.15) is 29.7 Å². The molecule has 0 aliphatic carbocycles. The summed E-state index contributed by atoms with van der Waals surface area (Å²) in [6.45, 7) is 2.59. The highest BCUT2D eigenvalue weighted by atomic mass is 79.9. The molecule has 1 aliphatic heterocycles. The Morgan fingerprint density at radius 1 is 1.21 bits per heavy atom. The van der Waals surface area contributed by atoms with Gasteiger partial charge in [-0.3, -0.25) is 4.79 Å². The molecule has 0 spiro atoms. The summed E-state index contributed by atoms with van der Waals surface area (Å²) in [4.78, 5) is 23.5. The first-order chi connectivity index (χ1) is 16.0. The summed E-state index contributed by atoms with van der Waals surface area (Å²) in [7, 11) is 3.98. The van der Waals surface area contributed by atoms with E-state index in [0.717, 1.165) is 40.1 Å². The summed E-state index contributed by atoms with van der Waals surface area (Å²) in [5.41, 5.74) is 2.59. The summed E-state index contributed by atoms with van der Waals surface area (Å²) >= 11 is 3.48. The molecule has 1 aliphatic rings. The summed E-state index contributed by atoms with van der Waals surface area (Å²) in [5.74, 6) is 2.57. The van der Waals surface area contributed by atoms with E-state index in [2.05, 4.69) is 36.5 Å². The van der Waals surface area contributed by atoms with Crippen LogP contribution in [-0.4, -0.2) is 54.6 Å². The highest BCUT2D eigenvalue weighted by Crippen LogP contribution is 2.36. The van der Waals surface area contributed by atoms with Crippen molar-refractivity contribution in [1.29, 1.82) is 0 Å². The maximum absolute atomic E-state index is 12.7. The lowest BCUT2D eigenvalue weighted by atomic mass is 10.1. The zero-order valence-corrected chi connectivity index (χ0v) is 20.2. The van der Waals surface area contributed by atoms with Gasteiger partial charge in [0, 0.05) is 36.8 Å². The Kier molecular flexibility index (Phi) is 7.41. The van der Waals surface area contributed by atoms with Crippen LogP contribution in [0.3, 0.4) is 0 Å². The maximum atomic E-state index is 12.7. The minimum Gasteiger partial charge on any atom is -0.492 e. The number of hydrogen-bond acceptors (Lipinski definition) is 7. The van der Waals surface area contributed by atoms with Crippen LogP contribution in [0.4, 0.5) is 11.6 Å². The van der Waals surface area contributed by atoms with Crippen LogP contribution in [0.25, 0.3) is 0 Å². The van der Waals surface area contributed by atoms with Gasteiger partial charge in [-0.25, -0.2) is 9.97 Å². The molecule has 0 saturated heterocycles. The van der Waals surface area contributed by atoms with Crippen molar-refractivity contribution < 1.29 is 14.3 Å². The fourth-order valence-corrected chi connectivity index (χ4v) is 3.84. The normalized spacial score (nSPS) is 12.2. The number of ether oxygens (including phenoxy) is 2. The number of likely N-dealkylation sites (N-methyl/N-ethyl adjacent to an activating group) is 1. The molecule has 8 nitrogen and oxygen atoms in total. The SMILES string of the molecule is CN(C)CCOc1ccc(NC(=O)c2cccc(CNc3ncc(Br)c4c3CCO4)c2)nc1. The lowest BCUT2D eigenvalue weighted by Gasteiger charge is -2.12. The summed E-state index contributed by atoms with van der Waals surface area (Å²) < 4.78 is 12.2. The Morgan fingerprint density at radius 2 is 2.09 bits per heavy atom. The molecule has 3 aromatic rings. The smallest absolute Gasteiger partial charge is 0.256 e. The number of hydrogen-bond donors (Lipinski definition) is 2. The minimum absolute atomic E-state index is 0.221. The number of rotatable bonds is 9. The van der Waals surface area contributed by atoms with Crippen molar-refractivity contribution in [3.8, 4) is 11.5 Å². The van der Waals surface area contributed by atoms with E-state index in [4.69, 9.17) is 9.47 Å². The second kappa shape index (κ2) is 10.6. The van der Waals surface area contributed by atoms with Crippen LogP contribution in [0.1, 0.15) is 21.5 Å². The monoisotopic (exact) mass is 511 g/mol. The molecular formula is C24H26BrN5O3. The highest BCUT2D eigenvalue weighted by molar-refractivity contribution is 9.10. The first-order valence-corrected chi connectivity index (χ1v) is 11.5. The van der Waals surface area contributed by atoms with E-state index in [0.29, 0.717) is 36.9 Å². The van der Waals surface area contributed by atoms with Gasteiger partial charge in [-0.15, -0.1) is 0 Å². The highest BCUT2D eigenvalue weighted by Gasteiger charge is 2.20. The average molecular weight is 512 g/mol. The predicted molar refractivity (Wildman–Crippen MR) is 131 cm³/mol. The van der Waals surface area contributed by atoms with E-state index in [9.17, 15) is 4.79 Å². The lowest BCUT2D eigenvalue weighted by Crippen LogP contribution is -2.19. The van der Waals surface area contributed by atoms with E-state index in [1.807, 2.05) is 37.2 Å². The van der Waals surface area contributed by atoms with E-state index in [1.165, 1.54) is 0 Å². The van der Waals surface area contributed by atoms with Crippen LogP contribution in [-0.2, 0) is 13.0 Å². The molecular weight excluding hydrogens is 486 g/mol. The van der Waals surface area contributed by atoms with Crippen LogP contribution in [0.15, 0.2) is 53.3 Å². The molecule has 172 valence electrons. The van der Waals surface area contributed by atoms with Gasteiger partial charge in [0.15, 0.2) is 0 Å². The number of fused-ring (bicyclic) bond motifs is 1. The molecule has 4 rings (SSSR count). The maximum Gasteiger partial charge on any atom is 0.256 e. The molecule has 0 bridgehead atoms. The molecule has 33 heavy (non-hydrogen) atoms. The van der Waals surface area contributed by atoms with E-state index >= 15 is 0 Å². The van der Waals surface area contributed by atoms with Crippen molar-refractivity contribution in [3.63, 3.8) is 0 Å². The van der Waals surface area contributed by atoms with E-state index in [-0.39, 0.29) is 5.91 Å². The summed E-state index contributed by atoms with van der Waals surface area (Å²) in [5, 5.41) is 6.19. The molecule has 2 aromatic heterocycles. The van der Waals surface area contributed by atoms with Crippen LogP contribution in [0, 0.1) is 0 Å². The molecule has 0 unspecified atom stereocenters. The topological polar surface area (TPSA) is 88.6 Å². The molecule has 1 amide bonds. The number of carbonyl (C=O) groups is 1. The van der Waals surface area contributed by atoms with Gasteiger partial charge in [-0.05, 0) is 59.9 Å². The number of carbonyl (C=O) groups excluding carboxylic acids is 1. The predicted octanol–water partition coefficient (Wildman–Crippen LogP) is 3.98. The molecule has 0 fully saturated rings. The van der Waals surface area contributed by atoms with Crippen LogP contribution < -0.4 is 20.1 Å². The molecule has 0 radical (unpaired) electrons. The Morgan fingerprint density at radius 3 is 2.88 bits per heavy atom. The minimum atomic E-state index is -0.221. The van der Waals surface area contributed by atoms with Gasteiger partial charge in [-0.2, -0.15) is 0 Å². The first kappa shape index (κ1) is 23.0. The summed E-state index contributed by atoms with van der Waals surface area (Å²) in [6.07, 6.45) is 4.17. The largest absolute Gasteiger partial charge is 0.492 e. The second-order valence-corrected chi connectivity index (χ2v) is 8.75. The lowest BCUT2D eigenvalue weighted by molar-refractivity contribution is 0.102. The molecule has 0 atom stereocenters. The number of pyridine rings is 2. The van der Waals surface area contributed by atoms with Crippen LogP contribution in [0.2, 0.25) is 0 Å². The fraction of sp³-hybridized carbons (Fsp3) is 0.292. The first-order valence-electron chi connectivity index (χ1n) is 10.7. The molecule has 1 aromatic carbocycles. The van der Waals surface area contributed by atoms with Crippen LogP contribution >= 0.6 is 15.9 Å². The molecule has 9 heteroatoms. The van der Waals surface area contributed by atoms with Crippen molar-refractivity contribution in [2.24, 2.45) is 0 Å². The van der Waals surface area contributed by atoms with Crippen molar-refractivity contribution in [2.75, 3.05) is 44.5 Å². The van der Waals surface area contributed by atoms with Gasteiger partial charge in [-0.1, -0.05) is 12.1 Å². The van der Waals surface area contributed by atoms with Gasteiger partial charge in [0.25, 0.3) is 5.91 Å². The number of nitrogens with one attached hydrogen (secondary N) is 2. The van der Waals surface area contributed by atoms with Gasteiger partial charge in [0.05, 0.1) is 17.3 Å². The Hall–Kier alpha value is -3.17. The number of anilines is 2. The van der Waals surface area contributed by atoms with Gasteiger partial charge >= 0.3 is 0 Å². The average Bonchev–Trinajstić information content (AvgIpc) is 3.31. The Labute approximate surface area is 201 Å². The van der Waals surface area contributed by atoms with Crippen molar-refractivity contribution in [1.82, 2.24) is 14.9 Å². The van der Waals surface area contributed by atoms with E-state index in [1.54, 1.807) is 30.6 Å². The Balaban J connectivity index is 1.35. The number of aromatic nitrogens is 2. The third-order valence-corrected chi connectivity index (χ3v) is 5.68. The number of amides is 1. The van der Waals surface area contributed by atoms with Gasteiger partial charge in [0.2, 0.25) is 0 Å². The third-order valence-electron chi connectivity index (χ3n) is 5.12. The Bertz CT molecular complexity index is 1120. The zero-order chi connectivity index (χ0) is 23.2. The number of halogens is 1. The fourth-order valence-electron chi connectivity index (χ4n) is 3.39. The van der Waals surface area contributed by atoms with Gasteiger partial charge < -0.3 is 25.0 Å². The van der Waals surface area contributed by atoms with Crippen molar-refractivity contribution in [3.05, 3.63) is 70.0 Å². The number of benzene rings is 1. The van der Waals surface area contributed by atoms with Crippen molar-refractivity contribution in [2.45, 2.75) is 13.0 Å². The third kappa shape index (κ3) is 6.00. The van der Waals surface area contributed by atoms with E-state index < -0.39 is 0 Å². The van der Waals surface area contributed by atoms with Crippen LogP contribution in [0.5, 0.6) is 11.5 Å². The second-order valence-electron chi connectivity index (χ2n) is 7.90. The standard InChI is InChI=1S/C24H26BrN5O3/c1-30(2)9-11-32-18-6-7-21(26-14-18)29-24(31)17-5-3-4-16(12-17)13-27-23-19-8-10-33-22(19)20(25)15-28-23/h3-7,12,14-15H,8-11,13H2,1-2H3,(H,27,28)(H,26,29,31). The van der Waals surface area contributed by atoms with Crippen molar-refractivity contribution >= 4 is 33.5 Å². The summed E-state index contributed by atoms with van der Waals surface area (Å²) in [6, 6.07) is 11.0. The zero-order valence-electron chi connectivity index (χ0n) is 18.6. The molecule has 2 N–H and O–H groups in total. The molecule has 3 heterocycles. The molecule has 0 saturated carbocycles. The quantitative estimate of drug-likeness (QED) is 0.449. The number of nitrogens with zero attached hydrogens (tertiary/aromatic N) is 3.